The second-order valence-corrected chi connectivity index (χ2v) is 11.3. The van der Waals surface area contributed by atoms with E-state index < -0.39 is 38.2 Å². The molecule has 0 unspecified atom stereocenters. The van der Waals surface area contributed by atoms with Gasteiger partial charge in [0.2, 0.25) is 21.7 Å². The highest BCUT2D eigenvalue weighted by Gasteiger charge is 2.32. The van der Waals surface area contributed by atoms with Crippen molar-refractivity contribution in [2.24, 2.45) is 0 Å². The molecule has 206 valence electrons. The van der Waals surface area contributed by atoms with Crippen molar-refractivity contribution in [3.8, 4) is 23.1 Å². The highest BCUT2D eigenvalue weighted by Crippen LogP contribution is 2.34. The number of aryl methyl sites for hydroxylation is 2. The van der Waals surface area contributed by atoms with Crippen molar-refractivity contribution in [2.45, 2.75) is 62.3 Å². The number of aromatic hydroxyl groups is 1. The van der Waals surface area contributed by atoms with Crippen LogP contribution in [0.5, 0.6) is 5.88 Å². The van der Waals surface area contributed by atoms with Crippen LogP contribution in [0.2, 0.25) is 0 Å². The molecule has 40 heavy (non-hydrogen) atoms. The number of hydrogen-bond acceptors (Lipinski definition) is 7. The number of sulfone groups is 1. The lowest BCUT2D eigenvalue weighted by Crippen LogP contribution is -2.27. The summed E-state index contributed by atoms with van der Waals surface area (Å²) >= 11 is 0. The third-order valence-corrected chi connectivity index (χ3v) is 8.57. The van der Waals surface area contributed by atoms with Gasteiger partial charge in [-0.2, -0.15) is 14.6 Å². The molecule has 2 aromatic carbocycles. The molecule has 2 heterocycles. The number of nitriles is 1. The summed E-state index contributed by atoms with van der Waals surface area (Å²) in [4.78, 5) is 20.1. The van der Waals surface area contributed by atoms with Crippen molar-refractivity contribution >= 4 is 9.84 Å². The monoisotopic (exact) mass is 560 g/mol. The maximum Gasteiger partial charge on any atom is 0.296 e. The SMILES string of the molecule is CCCCc1nc(=O)c(S(=O)(=O)c2ccc(-c3ccc(F)nc3C)cc2)c(O)n1[C@@H](CC)c1cccc(C#N)c1. The van der Waals surface area contributed by atoms with Crippen LogP contribution in [0.1, 0.15) is 61.8 Å². The van der Waals surface area contributed by atoms with E-state index >= 15 is 0 Å². The Hall–Kier alpha value is -4.36. The lowest BCUT2D eigenvalue weighted by atomic mass is 10.0. The van der Waals surface area contributed by atoms with Crippen molar-refractivity contribution in [3.63, 3.8) is 0 Å². The molecule has 0 saturated carbocycles. The Kier molecular flexibility index (Phi) is 8.45. The van der Waals surface area contributed by atoms with Gasteiger partial charge in [-0.15, -0.1) is 0 Å². The Bertz CT molecular complexity index is 1760. The first kappa shape index (κ1) is 28.6. The lowest BCUT2D eigenvalue weighted by molar-refractivity contribution is 0.358. The highest BCUT2D eigenvalue weighted by molar-refractivity contribution is 7.91. The summed E-state index contributed by atoms with van der Waals surface area (Å²) in [6.07, 6.45) is 2.26. The Balaban J connectivity index is 1.87. The summed E-state index contributed by atoms with van der Waals surface area (Å²) in [5.41, 5.74) is 1.73. The van der Waals surface area contributed by atoms with Crippen LogP contribution in [0.15, 0.2) is 75.2 Å². The molecule has 8 nitrogen and oxygen atoms in total. The number of aromatic nitrogens is 3. The molecule has 0 spiro atoms. The predicted octanol–water partition coefficient (Wildman–Crippen LogP) is 5.50. The van der Waals surface area contributed by atoms with Crippen LogP contribution in [0.25, 0.3) is 11.1 Å². The van der Waals surface area contributed by atoms with Crippen LogP contribution in [0, 0.1) is 24.2 Å². The number of pyridine rings is 1. The summed E-state index contributed by atoms with van der Waals surface area (Å²) in [6, 6.07) is 16.9. The lowest BCUT2D eigenvalue weighted by Gasteiger charge is -2.25. The fraction of sp³-hybridized carbons (Fsp3) is 0.267. The topological polar surface area (TPSA) is 126 Å². The van der Waals surface area contributed by atoms with Gasteiger partial charge in [0.25, 0.3) is 5.56 Å². The second kappa shape index (κ2) is 11.8. The Morgan fingerprint density at radius 3 is 2.42 bits per heavy atom. The molecular weight excluding hydrogens is 531 g/mol. The van der Waals surface area contributed by atoms with Crippen molar-refractivity contribution in [1.82, 2.24) is 14.5 Å². The molecule has 4 rings (SSSR count). The van der Waals surface area contributed by atoms with E-state index in [0.717, 1.165) is 6.42 Å². The van der Waals surface area contributed by atoms with Crippen LogP contribution in [-0.2, 0) is 16.3 Å². The molecule has 2 aromatic heterocycles. The first-order valence-electron chi connectivity index (χ1n) is 12.9. The molecule has 1 N–H and O–H groups in total. The minimum absolute atomic E-state index is 0.203. The Morgan fingerprint density at radius 2 is 1.80 bits per heavy atom. The molecule has 0 bridgehead atoms. The van der Waals surface area contributed by atoms with Gasteiger partial charge in [-0.05, 0) is 67.3 Å². The van der Waals surface area contributed by atoms with Crippen LogP contribution < -0.4 is 5.56 Å². The van der Waals surface area contributed by atoms with Crippen molar-refractivity contribution in [1.29, 1.82) is 5.26 Å². The first-order valence-corrected chi connectivity index (χ1v) is 14.4. The van der Waals surface area contributed by atoms with E-state index in [-0.39, 0.29) is 10.7 Å². The third kappa shape index (κ3) is 5.51. The van der Waals surface area contributed by atoms with Gasteiger partial charge in [0.15, 0.2) is 4.90 Å². The van der Waals surface area contributed by atoms with Crippen LogP contribution in [0.4, 0.5) is 4.39 Å². The van der Waals surface area contributed by atoms with E-state index in [1.165, 1.54) is 34.9 Å². The molecule has 10 heteroatoms. The number of benzene rings is 2. The summed E-state index contributed by atoms with van der Waals surface area (Å²) in [7, 11) is -4.49. The van der Waals surface area contributed by atoms with Crippen LogP contribution in [0.3, 0.4) is 0 Å². The van der Waals surface area contributed by atoms with Gasteiger partial charge in [0.05, 0.1) is 22.6 Å². The van der Waals surface area contributed by atoms with Crippen LogP contribution >= 0.6 is 0 Å². The fourth-order valence-electron chi connectivity index (χ4n) is 4.77. The van der Waals surface area contributed by atoms with Crippen molar-refractivity contribution in [3.05, 3.63) is 99.6 Å². The molecule has 0 radical (unpaired) electrons. The van der Waals surface area contributed by atoms with Gasteiger partial charge in [-0.1, -0.05) is 44.5 Å². The molecule has 4 aromatic rings. The zero-order chi connectivity index (χ0) is 29.0. The van der Waals surface area contributed by atoms with Crippen LogP contribution in [-0.4, -0.2) is 28.1 Å². The predicted molar refractivity (Wildman–Crippen MR) is 148 cm³/mol. The van der Waals surface area contributed by atoms with Gasteiger partial charge >= 0.3 is 0 Å². The number of hydrogen-bond donors (Lipinski definition) is 1. The van der Waals surface area contributed by atoms with Gasteiger partial charge in [-0.25, -0.2) is 13.4 Å². The van der Waals surface area contributed by atoms with Gasteiger partial charge < -0.3 is 5.11 Å². The van der Waals surface area contributed by atoms with E-state index in [1.54, 1.807) is 37.3 Å². The molecule has 0 saturated heterocycles. The quantitative estimate of drug-likeness (QED) is 0.268. The second-order valence-electron chi connectivity index (χ2n) is 9.42. The minimum Gasteiger partial charge on any atom is -0.493 e. The molecule has 0 aliphatic heterocycles. The zero-order valence-electron chi connectivity index (χ0n) is 22.4. The maximum atomic E-state index is 13.7. The highest BCUT2D eigenvalue weighted by atomic mass is 32.2. The van der Waals surface area contributed by atoms with Gasteiger partial charge in [0.1, 0.15) is 5.82 Å². The number of halogens is 1. The summed E-state index contributed by atoms with van der Waals surface area (Å²) in [5.74, 6) is -1.04. The zero-order valence-corrected chi connectivity index (χ0v) is 23.2. The van der Waals surface area contributed by atoms with E-state index in [1.807, 2.05) is 13.8 Å². The van der Waals surface area contributed by atoms with E-state index in [2.05, 4.69) is 16.0 Å². The largest absolute Gasteiger partial charge is 0.493 e. The Morgan fingerprint density at radius 1 is 1.07 bits per heavy atom. The molecule has 1 atom stereocenters. The first-order chi connectivity index (χ1) is 19.1. The van der Waals surface area contributed by atoms with Crippen molar-refractivity contribution in [2.75, 3.05) is 0 Å². The maximum absolute atomic E-state index is 13.7. The molecule has 0 fully saturated rings. The van der Waals surface area contributed by atoms with Gasteiger partial charge in [0, 0.05) is 17.7 Å². The number of unbranched alkanes of at least 4 members (excludes halogenated alkanes) is 1. The van der Waals surface area contributed by atoms with E-state index in [4.69, 9.17) is 0 Å². The Labute approximate surface area is 232 Å². The number of rotatable bonds is 9. The summed E-state index contributed by atoms with van der Waals surface area (Å²) < 4.78 is 42.3. The average Bonchev–Trinajstić information content (AvgIpc) is 2.93. The molecule has 0 aliphatic carbocycles. The minimum atomic E-state index is -4.49. The fourth-order valence-corrected chi connectivity index (χ4v) is 6.12. The summed E-state index contributed by atoms with van der Waals surface area (Å²) in [5, 5.41) is 20.9. The smallest absolute Gasteiger partial charge is 0.296 e. The molecule has 0 amide bonds. The third-order valence-electron chi connectivity index (χ3n) is 6.78. The normalized spacial score (nSPS) is 12.2. The standard InChI is InChI=1S/C30H29FN4O4S/c1-4-6-10-27-34-29(36)28(30(37)35(27)25(5-2)22-9-7-8-20(17-22)18-32)40(38,39)23-13-11-21(12-14-23)24-15-16-26(31)33-19(24)3/h7-9,11-17,25,37H,4-6,10H2,1-3H3/t25-/m0/s1. The van der Waals surface area contributed by atoms with Gasteiger partial charge in [-0.3, -0.25) is 9.36 Å². The number of nitrogens with zero attached hydrogens (tertiary/aromatic N) is 4. The molecule has 0 aliphatic rings. The van der Waals surface area contributed by atoms with E-state index in [9.17, 15) is 28.0 Å². The molecular formula is C30H29FN4O4S. The van der Waals surface area contributed by atoms with E-state index in [0.29, 0.717) is 47.2 Å². The van der Waals surface area contributed by atoms with Crippen molar-refractivity contribution < 1.29 is 17.9 Å². The summed E-state index contributed by atoms with van der Waals surface area (Å²) in [6.45, 7) is 5.48. The average molecular weight is 561 g/mol.